The molecule has 1 saturated heterocycles. The summed E-state index contributed by atoms with van der Waals surface area (Å²) in [6.45, 7) is 4.83. The third kappa shape index (κ3) is 6.32. The highest BCUT2D eigenvalue weighted by Crippen LogP contribution is 2.20. The fourth-order valence-electron chi connectivity index (χ4n) is 3.32. The van der Waals surface area contributed by atoms with E-state index in [1.165, 1.54) is 11.1 Å². The van der Waals surface area contributed by atoms with Gasteiger partial charge in [-0.3, -0.25) is 14.5 Å². The number of carbonyl (C=O) groups is 2. The van der Waals surface area contributed by atoms with Crippen LogP contribution < -0.4 is 5.32 Å². The van der Waals surface area contributed by atoms with Gasteiger partial charge in [0, 0.05) is 13.0 Å². The third-order valence-electron chi connectivity index (χ3n) is 4.75. The molecule has 0 saturated carbocycles. The lowest BCUT2D eigenvalue weighted by Crippen LogP contribution is -2.38. The van der Waals surface area contributed by atoms with E-state index in [4.69, 9.17) is 5.11 Å². The maximum Gasteiger partial charge on any atom is 0.303 e. The number of amides is 1. The van der Waals surface area contributed by atoms with Crippen molar-refractivity contribution >= 4 is 11.9 Å². The first-order valence-corrected chi connectivity index (χ1v) is 8.80. The van der Waals surface area contributed by atoms with Crippen molar-refractivity contribution in [1.82, 2.24) is 10.2 Å². The molecular weight excluding hydrogens is 304 g/mol. The SMILES string of the molecule is Cc1ccccc1CCNC(=O)CN1CCC[C@@H](CC(=O)O)CC1. The van der Waals surface area contributed by atoms with Crippen LogP contribution in [0.25, 0.3) is 0 Å². The summed E-state index contributed by atoms with van der Waals surface area (Å²) in [5.74, 6) is -0.417. The van der Waals surface area contributed by atoms with Gasteiger partial charge in [-0.25, -0.2) is 0 Å². The van der Waals surface area contributed by atoms with Crippen LogP contribution in [0.5, 0.6) is 0 Å². The van der Waals surface area contributed by atoms with Crippen molar-refractivity contribution in [1.29, 1.82) is 0 Å². The Balaban J connectivity index is 1.68. The van der Waals surface area contributed by atoms with Crippen LogP contribution in [0.15, 0.2) is 24.3 Å². The minimum absolute atomic E-state index is 0.0558. The standard InChI is InChI=1S/C19H28N2O3/c1-15-5-2-3-7-17(15)8-10-20-18(22)14-21-11-4-6-16(9-12-21)13-19(23)24/h2-3,5,7,16H,4,6,8-14H2,1H3,(H,20,22)(H,23,24)/t16-/m1/s1. The lowest BCUT2D eigenvalue weighted by Gasteiger charge is -2.19. The van der Waals surface area contributed by atoms with E-state index in [0.717, 1.165) is 38.8 Å². The Morgan fingerprint density at radius 3 is 2.79 bits per heavy atom. The first-order chi connectivity index (χ1) is 11.5. The van der Waals surface area contributed by atoms with E-state index in [0.29, 0.717) is 13.1 Å². The highest BCUT2D eigenvalue weighted by Gasteiger charge is 2.20. The second kappa shape index (κ2) is 9.42. The van der Waals surface area contributed by atoms with E-state index in [9.17, 15) is 9.59 Å². The van der Waals surface area contributed by atoms with Crippen molar-refractivity contribution < 1.29 is 14.7 Å². The number of nitrogens with zero attached hydrogens (tertiary/aromatic N) is 1. The van der Waals surface area contributed by atoms with Crippen molar-refractivity contribution in [3.63, 3.8) is 0 Å². The summed E-state index contributed by atoms with van der Waals surface area (Å²) < 4.78 is 0. The molecule has 24 heavy (non-hydrogen) atoms. The van der Waals surface area contributed by atoms with E-state index in [1.54, 1.807) is 0 Å². The zero-order valence-corrected chi connectivity index (χ0v) is 14.5. The molecule has 132 valence electrons. The molecule has 1 aromatic rings. The Hall–Kier alpha value is -1.88. The number of rotatable bonds is 7. The monoisotopic (exact) mass is 332 g/mol. The van der Waals surface area contributed by atoms with Gasteiger partial charge in [0.1, 0.15) is 0 Å². The number of hydrogen-bond acceptors (Lipinski definition) is 3. The molecule has 0 aliphatic carbocycles. The number of benzene rings is 1. The summed E-state index contributed by atoms with van der Waals surface area (Å²) in [5, 5.41) is 11.9. The molecule has 2 rings (SSSR count). The first-order valence-electron chi connectivity index (χ1n) is 8.80. The van der Waals surface area contributed by atoms with Gasteiger partial charge in [-0.2, -0.15) is 0 Å². The number of hydrogen-bond donors (Lipinski definition) is 2. The third-order valence-corrected chi connectivity index (χ3v) is 4.75. The van der Waals surface area contributed by atoms with Gasteiger partial charge >= 0.3 is 5.97 Å². The molecule has 1 aliphatic rings. The predicted molar refractivity (Wildman–Crippen MR) is 93.9 cm³/mol. The second-order valence-electron chi connectivity index (χ2n) is 6.70. The normalized spacial score (nSPS) is 18.8. The summed E-state index contributed by atoms with van der Waals surface area (Å²) in [4.78, 5) is 25.1. The largest absolute Gasteiger partial charge is 0.481 e. The number of aliphatic carboxylic acids is 1. The Kier molecular flexibility index (Phi) is 7.25. The van der Waals surface area contributed by atoms with Crippen molar-refractivity contribution in [2.45, 2.75) is 39.0 Å². The highest BCUT2D eigenvalue weighted by atomic mass is 16.4. The number of carboxylic acids is 1. The van der Waals surface area contributed by atoms with Crippen LogP contribution in [0.3, 0.4) is 0 Å². The molecule has 0 aromatic heterocycles. The molecule has 0 spiro atoms. The number of aryl methyl sites for hydroxylation is 1. The van der Waals surface area contributed by atoms with Crippen LogP contribution in [0.4, 0.5) is 0 Å². The molecule has 1 heterocycles. The van der Waals surface area contributed by atoms with Crippen molar-refractivity contribution in [2.24, 2.45) is 5.92 Å². The van der Waals surface area contributed by atoms with Crippen LogP contribution >= 0.6 is 0 Å². The Labute approximate surface area is 144 Å². The van der Waals surface area contributed by atoms with E-state index in [1.807, 2.05) is 12.1 Å². The molecule has 1 amide bonds. The Morgan fingerprint density at radius 2 is 2.04 bits per heavy atom. The molecule has 1 fully saturated rings. The fourth-order valence-corrected chi connectivity index (χ4v) is 3.32. The molecule has 0 bridgehead atoms. The summed E-state index contributed by atoms with van der Waals surface area (Å²) in [7, 11) is 0. The average Bonchev–Trinajstić information content (AvgIpc) is 2.74. The maximum atomic E-state index is 12.1. The smallest absolute Gasteiger partial charge is 0.303 e. The lowest BCUT2D eigenvalue weighted by molar-refractivity contribution is -0.138. The van der Waals surface area contributed by atoms with Gasteiger partial charge in [-0.15, -0.1) is 0 Å². The molecule has 0 radical (unpaired) electrons. The summed E-state index contributed by atoms with van der Waals surface area (Å²) in [5.41, 5.74) is 2.52. The van der Waals surface area contributed by atoms with Gasteiger partial charge in [0.15, 0.2) is 0 Å². The molecule has 2 N–H and O–H groups in total. The van der Waals surface area contributed by atoms with Crippen molar-refractivity contribution in [2.75, 3.05) is 26.2 Å². The lowest BCUT2D eigenvalue weighted by atomic mass is 9.97. The van der Waals surface area contributed by atoms with Crippen LogP contribution in [-0.2, 0) is 16.0 Å². The molecule has 5 nitrogen and oxygen atoms in total. The second-order valence-corrected chi connectivity index (χ2v) is 6.70. The summed E-state index contributed by atoms with van der Waals surface area (Å²) in [6.07, 6.45) is 3.87. The maximum absolute atomic E-state index is 12.1. The van der Waals surface area contributed by atoms with Crippen molar-refractivity contribution in [3.05, 3.63) is 35.4 Å². The first kappa shape index (κ1) is 18.5. The Morgan fingerprint density at radius 1 is 1.25 bits per heavy atom. The molecular formula is C19H28N2O3. The topological polar surface area (TPSA) is 69.6 Å². The predicted octanol–water partition coefficient (Wildman–Crippen LogP) is 2.23. The summed E-state index contributed by atoms with van der Waals surface area (Å²) >= 11 is 0. The van der Waals surface area contributed by atoms with Crippen LogP contribution in [0.2, 0.25) is 0 Å². The quantitative estimate of drug-likeness (QED) is 0.803. The zero-order chi connectivity index (χ0) is 17.4. The van der Waals surface area contributed by atoms with Gasteiger partial charge in [0.25, 0.3) is 0 Å². The van der Waals surface area contributed by atoms with E-state index < -0.39 is 5.97 Å². The minimum atomic E-state index is -0.720. The van der Waals surface area contributed by atoms with Crippen LogP contribution in [-0.4, -0.2) is 48.1 Å². The molecule has 0 unspecified atom stereocenters. The zero-order valence-electron chi connectivity index (χ0n) is 14.5. The molecule has 5 heteroatoms. The van der Waals surface area contributed by atoms with E-state index >= 15 is 0 Å². The van der Waals surface area contributed by atoms with E-state index in [-0.39, 0.29) is 18.2 Å². The van der Waals surface area contributed by atoms with Crippen LogP contribution in [0, 0.1) is 12.8 Å². The van der Waals surface area contributed by atoms with Crippen molar-refractivity contribution in [3.8, 4) is 0 Å². The van der Waals surface area contributed by atoms with Gasteiger partial charge in [0.2, 0.25) is 5.91 Å². The number of nitrogens with one attached hydrogen (secondary N) is 1. The fraction of sp³-hybridized carbons (Fsp3) is 0.579. The van der Waals surface area contributed by atoms with E-state index in [2.05, 4.69) is 29.3 Å². The number of carboxylic acid groups (broad SMARTS) is 1. The highest BCUT2D eigenvalue weighted by molar-refractivity contribution is 5.78. The summed E-state index contributed by atoms with van der Waals surface area (Å²) in [6, 6.07) is 8.23. The average molecular weight is 332 g/mol. The molecule has 1 aliphatic heterocycles. The van der Waals surface area contributed by atoms with Gasteiger partial charge in [-0.1, -0.05) is 24.3 Å². The molecule has 1 atom stereocenters. The Bertz CT molecular complexity index is 559. The van der Waals surface area contributed by atoms with Crippen LogP contribution in [0.1, 0.15) is 36.8 Å². The van der Waals surface area contributed by atoms with Gasteiger partial charge < -0.3 is 10.4 Å². The number of carbonyl (C=O) groups excluding carboxylic acids is 1. The molecule has 1 aromatic carbocycles. The number of likely N-dealkylation sites (tertiary alicyclic amines) is 1. The van der Waals surface area contributed by atoms with Gasteiger partial charge in [0.05, 0.1) is 6.54 Å². The van der Waals surface area contributed by atoms with Gasteiger partial charge in [-0.05, 0) is 62.7 Å². The minimum Gasteiger partial charge on any atom is -0.481 e.